The fraction of sp³-hybridized carbons (Fsp3) is 0. The Labute approximate surface area is 68.5 Å². The fourth-order valence-corrected chi connectivity index (χ4v) is 0.802. The third kappa shape index (κ3) is 1.24. The van der Waals surface area contributed by atoms with Gasteiger partial charge in [-0.2, -0.15) is 0 Å². The molecule has 0 unspecified atom stereocenters. The molecule has 0 aliphatic heterocycles. The molecule has 2 aromatic heterocycles. The van der Waals surface area contributed by atoms with Gasteiger partial charge in [0.25, 0.3) is 0 Å². The van der Waals surface area contributed by atoms with E-state index in [1.54, 1.807) is 12.3 Å². The second kappa shape index (κ2) is 3.00. The van der Waals surface area contributed by atoms with E-state index in [0.29, 0.717) is 11.5 Å². The molecule has 0 aliphatic rings. The summed E-state index contributed by atoms with van der Waals surface area (Å²) in [6, 6.07) is 5.49. The van der Waals surface area contributed by atoms with Gasteiger partial charge in [0, 0.05) is 6.20 Å². The average molecular weight is 159 g/mol. The Kier molecular flexibility index (Phi) is 1.69. The van der Waals surface area contributed by atoms with E-state index in [-0.39, 0.29) is 0 Å². The maximum atomic E-state index is 4.04. The van der Waals surface area contributed by atoms with Gasteiger partial charge in [0.2, 0.25) is 5.82 Å². The number of aromatic nitrogens is 5. The molecule has 5 heteroatoms. The molecule has 0 saturated carbocycles. The highest BCUT2D eigenvalue weighted by Crippen LogP contribution is 2.05. The van der Waals surface area contributed by atoms with E-state index >= 15 is 0 Å². The van der Waals surface area contributed by atoms with Crippen molar-refractivity contribution in [1.82, 2.24) is 25.4 Å². The molecular formula is C7H5N5. The highest BCUT2D eigenvalue weighted by molar-refractivity contribution is 5.46. The average Bonchev–Trinajstić information content (AvgIpc) is 2.21. The molecule has 2 rings (SSSR count). The van der Waals surface area contributed by atoms with Gasteiger partial charge in [-0.25, -0.2) is 0 Å². The van der Waals surface area contributed by atoms with Crippen LogP contribution in [0.2, 0.25) is 0 Å². The van der Waals surface area contributed by atoms with Crippen molar-refractivity contribution < 1.29 is 0 Å². The van der Waals surface area contributed by atoms with Gasteiger partial charge in [0.15, 0.2) is 6.33 Å². The number of nitrogens with zero attached hydrogens (tertiary/aromatic N) is 5. The van der Waals surface area contributed by atoms with Crippen LogP contribution in [0.15, 0.2) is 30.7 Å². The van der Waals surface area contributed by atoms with E-state index < -0.39 is 0 Å². The van der Waals surface area contributed by atoms with Gasteiger partial charge < -0.3 is 0 Å². The monoisotopic (exact) mass is 159 g/mol. The van der Waals surface area contributed by atoms with Gasteiger partial charge in [-0.05, 0) is 12.1 Å². The quantitative estimate of drug-likeness (QED) is 0.599. The summed E-state index contributed by atoms with van der Waals surface area (Å²) in [5.41, 5.74) is 0.679. The van der Waals surface area contributed by atoms with Crippen molar-refractivity contribution in [2.24, 2.45) is 0 Å². The van der Waals surface area contributed by atoms with Crippen LogP contribution in [0, 0.1) is 0 Å². The molecule has 5 nitrogen and oxygen atoms in total. The molecule has 0 N–H and O–H groups in total. The molecule has 0 amide bonds. The summed E-state index contributed by atoms with van der Waals surface area (Å²) in [5, 5.41) is 14.7. The summed E-state index contributed by atoms with van der Waals surface area (Å²) in [6.45, 7) is 0. The number of pyridine rings is 1. The Morgan fingerprint density at radius 2 is 1.83 bits per heavy atom. The van der Waals surface area contributed by atoms with Crippen molar-refractivity contribution in [2.45, 2.75) is 0 Å². The van der Waals surface area contributed by atoms with E-state index in [4.69, 9.17) is 0 Å². The van der Waals surface area contributed by atoms with E-state index in [2.05, 4.69) is 25.4 Å². The first-order valence-electron chi connectivity index (χ1n) is 3.38. The Balaban J connectivity index is 2.46. The largest absolute Gasteiger partial charge is 0.253 e. The molecular weight excluding hydrogens is 154 g/mol. The summed E-state index contributed by atoms with van der Waals surface area (Å²) in [5.74, 6) is 0.443. The number of hydrogen-bond acceptors (Lipinski definition) is 5. The van der Waals surface area contributed by atoms with Crippen molar-refractivity contribution in [3.8, 4) is 11.5 Å². The zero-order valence-electron chi connectivity index (χ0n) is 6.12. The third-order valence-electron chi connectivity index (χ3n) is 1.30. The minimum atomic E-state index is 0.443. The van der Waals surface area contributed by atoms with Gasteiger partial charge in [-0.1, -0.05) is 6.07 Å². The number of hydrogen-bond donors (Lipinski definition) is 0. The van der Waals surface area contributed by atoms with Crippen LogP contribution in [0.3, 0.4) is 0 Å². The van der Waals surface area contributed by atoms with E-state index in [1.165, 1.54) is 6.33 Å². The lowest BCUT2D eigenvalue weighted by Gasteiger charge is -1.92. The van der Waals surface area contributed by atoms with Gasteiger partial charge in [-0.3, -0.25) is 4.98 Å². The third-order valence-corrected chi connectivity index (χ3v) is 1.30. The van der Waals surface area contributed by atoms with Crippen LogP contribution in [0.4, 0.5) is 0 Å². The molecule has 58 valence electrons. The normalized spacial score (nSPS) is 9.67. The van der Waals surface area contributed by atoms with Crippen molar-refractivity contribution >= 4 is 0 Å². The Morgan fingerprint density at radius 3 is 2.50 bits per heavy atom. The lowest BCUT2D eigenvalue weighted by atomic mass is 10.3. The van der Waals surface area contributed by atoms with E-state index in [0.717, 1.165) is 0 Å². The molecule has 0 atom stereocenters. The van der Waals surface area contributed by atoms with Gasteiger partial charge >= 0.3 is 0 Å². The summed E-state index contributed by atoms with van der Waals surface area (Å²) in [4.78, 5) is 4.04. The van der Waals surface area contributed by atoms with Crippen molar-refractivity contribution in [1.29, 1.82) is 0 Å². The SMILES string of the molecule is c1ccc(-c2nncnn2)nc1. The Morgan fingerprint density at radius 1 is 1.00 bits per heavy atom. The Hall–Kier alpha value is -1.91. The second-order valence-electron chi connectivity index (χ2n) is 2.08. The molecule has 0 aromatic carbocycles. The zero-order valence-corrected chi connectivity index (χ0v) is 6.12. The predicted molar refractivity (Wildman–Crippen MR) is 40.9 cm³/mol. The minimum absolute atomic E-state index is 0.443. The maximum absolute atomic E-state index is 4.04. The highest BCUT2D eigenvalue weighted by atomic mass is 15.3. The first-order chi connectivity index (χ1) is 5.97. The van der Waals surface area contributed by atoms with Crippen LogP contribution < -0.4 is 0 Å². The highest BCUT2D eigenvalue weighted by Gasteiger charge is 1.99. The molecule has 0 aliphatic carbocycles. The van der Waals surface area contributed by atoms with Crippen LogP contribution in [0.1, 0.15) is 0 Å². The number of rotatable bonds is 1. The van der Waals surface area contributed by atoms with Crippen molar-refractivity contribution in [2.75, 3.05) is 0 Å². The minimum Gasteiger partial charge on any atom is -0.253 e. The summed E-state index contributed by atoms with van der Waals surface area (Å²) in [7, 11) is 0. The maximum Gasteiger partial charge on any atom is 0.221 e. The van der Waals surface area contributed by atoms with Crippen LogP contribution in [0.5, 0.6) is 0 Å². The second-order valence-corrected chi connectivity index (χ2v) is 2.08. The van der Waals surface area contributed by atoms with Crippen LogP contribution in [-0.2, 0) is 0 Å². The van der Waals surface area contributed by atoms with Crippen molar-refractivity contribution in [3.05, 3.63) is 30.7 Å². The first-order valence-corrected chi connectivity index (χ1v) is 3.38. The van der Waals surface area contributed by atoms with Crippen LogP contribution >= 0.6 is 0 Å². The molecule has 2 heterocycles. The van der Waals surface area contributed by atoms with Gasteiger partial charge in [0.05, 0.1) is 0 Å². The zero-order chi connectivity index (χ0) is 8.23. The summed E-state index contributed by atoms with van der Waals surface area (Å²) < 4.78 is 0. The van der Waals surface area contributed by atoms with Crippen LogP contribution in [-0.4, -0.2) is 25.4 Å². The van der Waals surface area contributed by atoms with Gasteiger partial charge in [-0.15, -0.1) is 20.4 Å². The topological polar surface area (TPSA) is 64.5 Å². The molecule has 0 radical (unpaired) electrons. The lowest BCUT2D eigenvalue weighted by molar-refractivity contribution is 0.859. The van der Waals surface area contributed by atoms with E-state index in [9.17, 15) is 0 Å². The Bertz CT molecular complexity index is 309. The molecule has 0 fully saturated rings. The van der Waals surface area contributed by atoms with E-state index in [1.807, 2.05) is 12.1 Å². The predicted octanol–water partition coefficient (Wildman–Crippen LogP) is 0.329. The van der Waals surface area contributed by atoms with Gasteiger partial charge in [0.1, 0.15) is 5.69 Å². The molecule has 0 spiro atoms. The molecule has 0 bridgehead atoms. The molecule has 2 aromatic rings. The standard InChI is InChI=1S/C7H5N5/c1-2-4-8-6(3-1)7-11-9-5-10-12-7/h1-5H. The first kappa shape index (κ1) is 6.78. The van der Waals surface area contributed by atoms with Crippen LogP contribution in [0.25, 0.3) is 11.5 Å². The smallest absolute Gasteiger partial charge is 0.221 e. The molecule has 0 saturated heterocycles. The van der Waals surface area contributed by atoms with Crippen molar-refractivity contribution in [3.63, 3.8) is 0 Å². The summed E-state index contributed by atoms with van der Waals surface area (Å²) in [6.07, 6.45) is 2.96. The lowest BCUT2D eigenvalue weighted by Crippen LogP contribution is -1.94. The summed E-state index contributed by atoms with van der Waals surface area (Å²) >= 11 is 0. The molecule has 12 heavy (non-hydrogen) atoms. The fourth-order valence-electron chi connectivity index (χ4n) is 0.802.